The molecule has 0 aromatic carbocycles. The standard InChI is InChI=1S/C15H28N4O4/c1-9(2)5-11(14(16)22)19-13(21)7-17-15(23)12(18-8-20)6-10(3)4/h8-12H,5-7H2,1-4H3,(H2,16,22)(H,17,23)(H,18,20)(H,19,21). The van der Waals surface area contributed by atoms with Gasteiger partial charge in [0, 0.05) is 0 Å². The smallest absolute Gasteiger partial charge is 0.243 e. The van der Waals surface area contributed by atoms with Gasteiger partial charge in [0.25, 0.3) is 0 Å². The Balaban J connectivity index is 4.46. The maximum Gasteiger partial charge on any atom is 0.243 e. The molecule has 5 N–H and O–H groups in total. The van der Waals surface area contributed by atoms with Crippen LogP contribution in [0.15, 0.2) is 0 Å². The first kappa shape index (κ1) is 20.9. The van der Waals surface area contributed by atoms with E-state index >= 15 is 0 Å². The van der Waals surface area contributed by atoms with E-state index in [0.717, 1.165) is 0 Å². The SMILES string of the molecule is CC(C)CC(NC(=O)CNC(=O)C(CC(C)C)NC=O)C(N)=O. The highest BCUT2D eigenvalue weighted by Gasteiger charge is 2.22. The van der Waals surface area contributed by atoms with Crippen LogP contribution < -0.4 is 21.7 Å². The van der Waals surface area contributed by atoms with Crippen molar-refractivity contribution in [1.82, 2.24) is 16.0 Å². The van der Waals surface area contributed by atoms with Gasteiger partial charge in [-0.3, -0.25) is 19.2 Å². The fourth-order valence-electron chi connectivity index (χ4n) is 2.06. The van der Waals surface area contributed by atoms with Crippen molar-refractivity contribution in [2.75, 3.05) is 6.54 Å². The summed E-state index contributed by atoms with van der Waals surface area (Å²) in [7, 11) is 0. The maximum absolute atomic E-state index is 12.0. The van der Waals surface area contributed by atoms with Crippen molar-refractivity contribution in [3.05, 3.63) is 0 Å². The van der Waals surface area contributed by atoms with Crippen molar-refractivity contribution in [1.29, 1.82) is 0 Å². The molecule has 8 heteroatoms. The number of carbonyl (C=O) groups is 4. The molecule has 0 fully saturated rings. The Kier molecular flexibility index (Phi) is 9.60. The van der Waals surface area contributed by atoms with E-state index in [-0.39, 0.29) is 18.4 Å². The average Bonchev–Trinajstić information content (AvgIpc) is 2.42. The molecule has 2 unspecified atom stereocenters. The number of carbonyl (C=O) groups excluding carboxylic acids is 4. The minimum Gasteiger partial charge on any atom is -0.368 e. The molecule has 0 aliphatic rings. The van der Waals surface area contributed by atoms with Gasteiger partial charge in [-0.2, -0.15) is 0 Å². The van der Waals surface area contributed by atoms with Gasteiger partial charge in [-0.15, -0.1) is 0 Å². The number of primary amides is 1. The van der Waals surface area contributed by atoms with Crippen LogP contribution in [-0.2, 0) is 19.2 Å². The molecule has 0 bridgehead atoms. The summed E-state index contributed by atoms with van der Waals surface area (Å²) in [5.41, 5.74) is 5.24. The quantitative estimate of drug-likeness (QED) is 0.373. The summed E-state index contributed by atoms with van der Waals surface area (Å²) >= 11 is 0. The Labute approximate surface area is 136 Å². The second kappa shape index (κ2) is 10.6. The van der Waals surface area contributed by atoms with Crippen molar-refractivity contribution >= 4 is 24.1 Å². The fraction of sp³-hybridized carbons (Fsp3) is 0.733. The first-order valence-electron chi connectivity index (χ1n) is 7.73. The highest BCUT2D eigenvalue weighted by molar-refractivity contribution is 5.91. The van der Waals surface area contributed by atoms with Crippen LogP contribution in [0, 0.1) is 11.8 Å². The van der Waals surface area contributed by atoms with E-state index in [9.17, 15) is 19.2 Å². The van der Waals surface area contributed by atoms with Gasteiger partial charge in [-0.05, 0) is 24.7 Å². The van der Waals surface area contributed by atoms with E-state index in [1.54, 1.807) is 0 Å². The summed E-state index contributed by atoms with van der Waals surface area (Å²) in [5.74, 6) is -1.16. The summed E-state index contributed by atoms with van der Waals surface area (Å²) in [6.45, 7) is 7.37. The van der Waals surface area contributed by atoms with Gasteiger partial charge in [0.15, 0.2) is 0 Å². The van der Waals surface area contributed by atoms with Crippen LogP contribution >= 0.6 is 0 Å². The van der Waals surface area contributed by atoms with E-state index in [4.69, 9.17) is 5.73 Å². The van der Waals surface area contributed by atoms with Crippen molar-refractivity contribution in [2.24, 2.45) is 17.6 Å². The van der Waals surface area contributed by atoms with Crippen LogP contribution in [0.3, 0.4) is 0 Å². The van der Waals surface area contributed by atoms with E-state index in [0.29, 0.717) is 19.3 Å². The number of hydrogen-bond donors (Lipinski definition) is 4. The molecule has 132 valence electrons. The van der Waals surface area contributed by atoms with Crippen molar-refractivity contribution in [3.63, 3.8) is 0 Å². The van der Waals surface area contributed by atoms with E-state index in [1.165, 1.54) is 0 Å². The zero-order valence-corrected chi connectivity index (χ0v) is 14.2. The van der Waals surface area contributed by atoms with Gasteiger partial charge in [0.2, 0.25) is 24.1 Å². The first-order valence-corrected chi connectivity index (χ1v) is 7.73. The van der Waals surface area contributed by atoms with Crippen LogP contribution in [0.2, 0.25) is 0 Å². The highest BCUT2D eigenvalue weighted by Crippen LogP contribution is 2.05. The van der Waals surface area contributed by atoms with E-state index in [1.807, 2.05) is 27.7 Å². The molecule has 0 heterocycles. The van der Waals surface area contributed by atoms with Crippen LogP contribution in [0.4, 0.5) is 0 Å². The van der Waals surface area contributed by atoms with Gasteiger partial charge in [-0.1, -0.05) is 27.7 Å². The molecule has 0 aliphatic heterocycles. The van der Waals surface area contributed by atoms with Crippen LogP contribution in [0.1, 0.15) is 40.5 Å². The van der Waals surface area contributed by atoms with Gasteiger partial charge in [-0.25, -0.2) is 0 Å². The highest BCUT2D eigenvalue weighted by atomic mass is 16.2. The molecule has 0 saturated carbocycles. The van der Waals surface area contributed by atoms with Gasteiger partial charge >= 0.3 is 0 Å². The van der Waals surface area contributed by atoms with E-state index < -0.39 is 29.8 Å². The van der Waals surface area contributed by atoms with Crippen molar-refractivity contribution in [2.45, 2.75) is 52.6 Å². The predicted molar refractivity (Wildman–Crippen MR) is 86.0 cm³/mol. The largest absolute Gasteiger partial charge is 0.368 e. The predicted octanol–water partition coefficient (Wildman–Crippen LogP) is -0.720. The Morgan fingerprint density at radius 2 is 1.52 bits per heavy atom. The Bertz CT molecular complexity index is 424. The molecule has 0 radical (unpaired) electrons. The van der Waals surface area contributed by atoms with E-state index in [2.05, 4.69) is 16.0 Å². The molecule has 0 rings (SSSR count). The molecule has 0 aliphatic carbocycles. The molecule has 0 saturated heterocycles. The van der Waals surface area contributed by atoms with Crippen LogP contribution in [0.25, 0.3) is 0 Å². The summed E-state index contributed by atoms with van der Waals surface area (Å²) in [4.78, 5) is 45.6. The Morgan fingerprint density at radius 1 is 1.00 bits per heavy atom. The molecule has 0 spiro atoms. The lowest BCUT2D eigenvalue weighted by atomic mass is 10.0. The molecular formula is C15H28N4O4. The minimum atomic E-state index is -0.765. The molecule has 2 atom stereocenters. The summed E-state index contributed by atoms with van der Waals surface area (Å²) < 4.78 is 0. The molecule has 4 amide bonds. The average molecular weight is 328 g/mol. The molecule has 23 heavy (non-hydrogen) atoms. The topological polar surface area (TPSA) is 130 Å². The number of hydrogen-bond acceptors (Lipinski definition) is 4. The first-order chi connectivity index (χ1) is 10.7. The Morgan fingerprint density at radius 3 is 1.96 bits per heavy atom. The molecule has 8 nitrogen and oxygen atoms in total. The third-order valence-corrected chi connectivity index (χ3v) is 3.10. The lowest BCUT2D eigenvalue weighted by molar-refractivity contribution is -0.130. The third-order valence-electron chi connectivity index (χ3n) is 3.10. The Hall–Kier alpha value is -2.12. The van der Waals surface area contributed by atoms with Gasteiger partial charge < -0.3 is 21.7 Å². The summed E-state index contributed by atoms with van der Waals surface area (Å²) in [6.07, 6.45) is 1.35. The van der Waals surface area contributed by atoms with Gasteiger partial charge in [0.1, 0.15) is 12.1 Å². The third kappa shape index (κ3) is 9.49. The lowest BCUT2D eigenvalue weighted by Gasteiger charge is -2.19. The zero-order valence-electron chi connectivity index (χ0n) is 14.2. The summed E-state index contributed by atoms with van der Waals surface area (Å²) in [6, 6.07) is -1.46. The summed E-state index contributed by atoms with van der Waals surface area (Å²) in [5, 5.41) is 7.37. The zero-order chi connectivity index (χ0) is 18.0. The second-order valence-electron chi connectivity index (χ2n) is 6.34. The maximum atomic E-state index is 12.0. The monoisotopic (exact) mass is 328 g/mol. The molecule has 0 aromatic heterocycles. The van der Waals surface area contributed by atoms with Crippen LogP contribution in [-0.4, -0.2) is 42.8 Å². The normalized spacial score (nSPS) is 13.3. The number of nitrogens with two attached hydrogens (primary N) is 1. The fourth-order valence-corrected chi connectivity index (χ4v) is 2.06. The van der Waals surface area contributed by atoms with Gasteiger partial charge in [0.05, 0.1) is 6.54 Å². The number of nitrogens with one attached hydrogen (secondary N) is 3. The van der Waals surface area contributed by atoms with Crippen molar-refractivity contribution in [3.8, 4) is 0 Å². The minimum absolute atomic E-state index is 0.189. The molecule has 0 aromatic rings. The van der Waals surface area contributed by atoms with Crippen LogP contribution in [0.5, 0.6) is 0 Å². The lowest BCUT2D eigenvalue weighted by Crippen LogP contribution is -2.51. The number of amides is 4. The second-order valence-corrected chi connectivity index (χ2v) is 6.34. The molecular weight excluding hydrogens is 300 g/mol. The van der Waals surface area contributed by atoms with Crippen molar-refractivity contribution < 1.29 is 19.2 Å². The number of rotatable bonds is 11.